The molecule has 33 heavy (non-hydrogen) atoms. The molecule has 0 atom stereocenters. The topological polar surface area (TPSA) is 73.6 Å². The van der Waals surface area contributed by atoms with Crippen LogP contribution in [0.3, 0.4) is 0 Å². The minimum atomic E-state index is -3.48. The molecule has 0 unspecified atom stereocenters. The average Bonchev–Trinajstić information content (AvgIpc) is 3.41. The van der Waals surface area contributed by atoms with E-state index >= 15 is 0 Å². The highest BCUT2D eigenvalue weighted by atomic mass is 35.5. The molecule has 0 aliphatic carbocycles. The Morgan fingerprint density at radius 1 is 0.909 bits per heavy atom. The van der Waals surface area contributed by atoms with Gasteiger partial charge in [0.25, 0.3) is 0 Å². The lowest BCUT2D eigenvalue weighted by Gasteiger charge is -2.06. The van der Waals surface area contributed by atoms with Crippen molar-refractivity contribution < 1.29 is 13.2 Å². The van der Waals surface area contributed by atoms with Gasteiger partial charge in [0.05, 0.1) is 17.6 Å². The van der Waals surface area contributed by atoms with Gasteiger partial charge in [0.15, 0.2) is 0 Å². The first-order valence-electron chi connectivity index (χ1n) is 10.1. The molecule has 2 aromatic heterocycles. The van der Waals surface area contributed by atoms with E-state index in [0.29, 0.717) is 33.6 Å². The lowest BCUT2D eigenvalue weighted by Crippen LogP contribution is -2.09. The van der Waals surface area contributed by atoms with Crippen LogP contribution in [0.5, 0.6) is 11.5 Å². The molecule has 166 valence electrons. The third kappa shape index (κ3) is 4.93. The Morgan fingerprint density at radius 2 is 1.58 bits per heavy atom. The van der Waals surface area contributed by atoms with Crippen molar-refractivity contribution in [2.45, 2.75) is 10.8 Å². The SMILES string of the molecule is O=S(=O)(CCc1ccccc1)c1nn2cc(-c3ccc(Oc4ccc(Cl)cc4)cc3)nc2s1. The maximum absolute atomic E-state index is 12.7. The van der Waals surface area contributed by atoms with Crippen molar-refractivity contribution in [1.29, 1.82) is 0 Å². The van der Waals surface area contributed by atoms with Crippen LogP contribution < -0.4 is 4.74 Å². The van der Waals surface area contributed by atoms with Gasteiger partial charge in [-0.15, -0.1) is 5.10 Å². The fourth-order valence-electron chi connectivity index (χ4n) is 3.26. The molecule has 0 radical (unpaired) electrons. The van der Waals surface area contributed by atoms with Gasteiger partial charge in [-0.05, 0) is 60.5 Å². The van der Waals surface area contributed by atoms with Crippen LogP contribution in [0.2, 0.25) is 5.02 Å². The Labute approximate surface area is 200 Å². The minimum Gasteiger partial charge on any atom is -0.457 e. The van der Waals surface area contributed by atoms with Gasteiger partial charge in [0.2, 0.25) is 19.1 Å². The molecule has 9 heteroatoms. The maximum atomic E-state index is 12.7. The number of fused-ring (bicyclic) bond motifs is 1. The summed E-state index contributed by atoms with van der Waals surface area (Å²) in [6.07, 6.45) is 2.18. The molecular formula is C24H18ClN3O3S2. The Kier molecular flexibility index (Phi) is 5.88. The molecule has 0 saturated carbocycles. The van der Waals surface area contributed by atoms with Gasteiger partial charge in [0.1, 0.15) is 11.5 Å². The van der Waals surface area contributed by atoms with E-state index in [2.05, 4.69) is 10.1 Å². The highest BCUT2D eigenvalue weighted by Crippen LogP contribution is 2.28. The van der Waals surface area contributed by atoms with E-state index in [4.69, 9.17) is 16.3 Å². The standard InChI is InChI=1S/C24H18ClN3O3S2/c25-19-8-12-21(13-9-19)31-20-10-6-18(7-11-20)22-16-28-23(26-22)32-24(27-28)33(29,30)15-14-17-4-2-1-3-5-17/h1-13,16H,14-15H2. The third-order valence-corrected chi connectivity index (χ3v) is 8.33. The molecule has 0 aliphatic rings. The predicted octanol–water partition coefficient (Wildman–Crippen LogP) is 5.92. The summed E-state index contributed by atoms with van der Waals surface area (Å²) in [5, 5.41) is 4.92. The number of ether oxygens (including phenoxy) is 1. The number of halogens is 1. The number of aromatic nitrogens is 3. The second-order valence-electron chi connectivity index (χ2n) is 7.36. The van der Waals surface area contributed by atoms with Crippen molar-refractivity contribution in [1.82, 2.24) is 14.6 Å². The van der Waals surface area contributed by atoms with E-state index in [9.17, 15) is 8.42 Å². The zero-order chi connectivity index (χ0) is 22.8. The Bertz CT molecular complexity index is 1460. The first-order chi connectivity index (χ1) is 16.0. The lowest BCUT2D eigenvalue weighted by atomic mass is 10.2. The molecule has 0 amide bonds. The van der Waals surface area contributed by atoms with Gasteiger partial charge in [-0.2, -0.15) is 0 Å². The highest BCUT2D eigenvalue weighted by molar-refractivity contribution is 7.93. The molecule has 2 heterocycles. The van der Waals surface area contributed by atoms with Crippen LogP contribution in [0, 0.1) is 0 Å². The molecule has 0 spiro atoms. The first kappa shape index (κ1) is 21.6. The van der Waals surface area contributed by atoms with Crippen LogP contribution in [0.25, 0.3) is 16.2 Å². The third-order valence-electron chi connectivity index (χ3n) is 4.99. The molecule has 0 N–H and O–H groups in total. The summed E-state index contributed by atoms with van der Waals surface area (Å²) in [6, 6.07) is 24.2. The molecule has 0 fully saturated rings. The molecule has 3 aromatic carbocycles. The van der Waals surface area contributed by atoms with E-state index in [1.54, 1.807) is 30.5 Å². The fraction of sp³-hybridized carbons (Fsp3) is 0.0833. The summed E-state index contributed by atoms with van der Waals surface area (Å²) in [5.41, 5.74) is 2.57. The van der Waals surface area contributed by atoms with Crippen molar-refractivity contribution in [3.63, 3.8) is 0 Å². The Hall–Kier alpha value is -3.20. The number of benzene rings is 3. The van der Waals surface area contributed by atoms with E-state index in [1.165, 1.54) is 4.52 Å². The second-order valence-corrected chi connectivity index (χ2v) is 11.0. The first-order valence-corrected chi connectivity index (χ1v) is 13.0. The van der Waals surface area contributed by atoms with Gasteiger partial charge >= 0.3 is 0 Å². The number of nitrogens with zero attached hydrogens (tertiary/aromatic N) is 3. The molecule has 5 rings (SSSR count). The van der Waals surface area contributed by atoms with Crippen molar-refractivity contribution >= 4 is 37.7 Å². The van der Waals surface area contributed by atoms with Crippen LogP contribution in [0.15, 0.2) is 89.4 Å². The zero-order valence-corrected chi connectivity index (χ0v) is 19.6. The van der Waals surface area contributed by atoms with E-state index in [1.807, 2.05) is 54.6 Å². The summed E-state index contributed by atoms with van der Waals surface area (Å²) >= 11 is 6.98. The Morgan fingerprint density at radius 3 is 2.24 bits per heavy atom. The molecule has 0 bridgehead atoms. The Balaban J connectivity index is 1.30. The molecular weight excluding hydrogens is 478 g/mol. The average molecular weight is 496 g/mol. The van der Waals surface area contributed by atoms with Gasteiger partial charge in [-0.3, -0.25) is 0 Å². The minimum absolute atomic E-state index is 0.00954. The highest BCUT2D eigenvalue weighted by Gasteiger charge is 2.21. The van der Waals surface area contributed by atoms with Gasteiger partial charge < -0.3 is 4.74 Å². The summed E-state index contributed by atoms with van der Waals surface area (Å²) in [5.74, 6) is 1.39. The molecule has 0 saturated heterocycles. The number of imidazole rings is 1. The fourth-order valence-corrected chi connectivity index (χ4v) is 5.88. The van der Waals surface area contributed by atoms with Gasteiger partial charge in [-0.25, -0.2) is 17.9 Å². The van der Waals surface area contributed by atoms with Gasteiger partial charge in [0, 0.05) is 10.6 Å². The predicted molar refractivity (Wildman–Crippen MR) is 130 cm³/mol. The summed E-state index contributed by atoms with van der Waals surface area (Å²) in [6.45, 7) is 0. The largest absolute Gasteiger partial charge is 0.457 e. The second kappa shape index (κ2) is 8.97. The molecule has 5 aromatic rings. The summed E-state index contributed by atoms with van der Waals surface area (Å²) in [4.78, 5) is 5.09. The van der Waals surface area contributed by atoms with E-state index in [0.717, 1.165) is 22.5 Å². The van der Waals surface area contributed by atoms with Crippen LogP contribution in [-0.2, 0) is 16.3 Å². The number of hydrogen-bond acceptors (Lipinski definition) is 6. The molecule has 0 aliphatic heterocycles. The smallest absolute Gasteiger partial charge is 0.232 e. The van der Waals surface area contributed by atoms with E-state index in [-0.39, 0.29) is 10.1 Å². The summed E-state index contributed by atoms with van der Waals surface area (Å²) < 4.78 is 32.9. The van der Waals surface area contributed by atoms with Crippen molar-refractivity contribution in [3.8, 4) is 22.8 Å². The lowest BCUT2D eigenvalue weighted by molar-refractivity contribution is 0.483. The van der Waals surface area contributed by atoms with Crippen molar-refractivity contribution in [2.75, 3.05) is 5.75 Å². The van der Waals surface area contributed by atoms with Crippen LogP contribution in [-0.4, -0.2) is 28.8 Å². The van der Waals surface area contributed by atoms with Crippen LogP contribution in [0.1, 0.15) is 5.56 Å². The summed E-state index contributed by atoms with van der Waals surface area (Å²) in [7, 11) is -3.48. The molecule has 6 nitrogen and oxygen atoms in total. The van der Waals surface area contributed by atoms with Crippen LogP contribution >= 0.6 is 22.9 Å². The van der Waals surface area contributed by atoms with Crippen molar-refractivity contribution in [3.05, 3.63) is 95.6 Å². The number of rotatable bonds is 7. The maximum Gasteiger partial charge on any atom is 0.232 e. The monoisotopic (exact) mass is 495 g/mol. The van der Waals surface area contributed by atoms with Crippen LogP contribution in [0.4, 0.5) is 0 Å². The number of hydrogen-bond donors (Lipinski definition) is 0. The number of aryl methyl sites for hydroxylation is 1. The normalized spacial score (nSPS) is 11.7. The zero-order valence-electron chi connectivity index (χ0n) is 17.3. The number of sulfone groups is 1. The van der Waals surface area contributed by atoms with E-state index < -0.39 is 9.84 Å². The quantitative estimate of drug-likeness (QED) is 0.280. The van der Waals surface area contributed by atoms with Crippen molar-refractivity contribution in [2.24, 2.45) is 0 Å². The van der Waals surface area contributed by atoms with Gasteiger partial charge in [-0.1, -0.05) is 53.3 Å².